The molecule has 1 aromatic heterocycles. The van der Waals surface area contributed by atoms with E-state index in [0.29, 0.717) is 11.6 Å². The minimum absolute atomic E-state index is 0.212. The van der Waals surface area contributed by atoms with Crippen LogP contribution in [-0.2, 0) is 17.7 Å². The first-order chi connectivity index (χ1) is 12.2. The molecule has 0 bridgehead atoms. The monoisotopic (exact) mass is 375 g/mol. The van der Waals surface area contributed by atoms with Crippen molar-refractivity contribution >= 4 is 29.0 Å². The summed E-state index contributed by atoms with van der Waals surface area (Å²) >= 11 is 1.33. The second-order valence-electron chi connectivity index (χ2n) is 6.86. The summed E-state index contributed by atoms with van der Waals surface area (Å²) in [5.74, 6) is -0.477. The van der Waals surface area contributed by atoms with Gasteiger partial charge >= 0.3 is 12.0 Å². The maximum atomic E-state index is 12.8. The van der Waals surface area contributed by atoms with Crippen molar-refractivity contribution < 1.29 is 14.3 Å². The van der Waals surface area contributed by atoms with Crippen LogP contribution in [0.15, 0.2) is 29.6 Å². The van der Waals surface area contributed by atoms with Gasteiger partial charge < -0.3 is 15.0 Å². The van der Waals surface area contributed by atoms with E-state index in [2.05, 4.69) is 22.0 Å². The molecule has 140 valence electrons. The molecule has 0 atom stereocenters. The number of nitrogens with one attached hydrogen (secondary N) is 1. The molecule has 0 aliphatic heterocycles. The number of aryl methyl sites for hydroxylation is 1. The molecule has 0 spiro atoms. The number of esters is 1. The first-order valence-electron chi connectivity index (χ1n) is 8.45. The Balaban J connectivity index is 2.14. The molecule has 2 aromatic rings. The maximum Gasteiger partial charge on any atom is 0.357 e. The highest BCUT2D eigenvalue weighted by molar-refractivity contribution is 7.09. The summed E-state index contributed by atoms with van der Waals surface area (Å²) in [4.78, 5) is 30.3. The molecule has 7 heteroatoms. The van der Waals surface area contributed by atoms with Crippen molar-refractivity contribution in [3.8, 4) is 0 Å². The Morgan fingerprint density at radius 3 is 2.42 bits per heavy atom. The molecule has 1 heterocycles. The van der Waals surface area contributed by atoms with Crippen LogP contribution in [-0.4, -0.2) is 34.5 Å². The number of carbonyl (C=O) groups excluding carboxylic acids is 2. The maximum absolute atomic E-state index is 12.8. The molecule has 26 heavy (non-hydrogen) atoms. The van der Waals surface area contributed by atoms with Crippen LogP contribution in [0, 0.1) is 0 Å². The van der Waals surface area contributed by atoms with Crippen LogP contribution >= 0.6 is 11.3 Å². The van der Waals surface area contributed by atoms with Crippen LogP contribution in [0.2, 0.25) is 0 Å². The van der Waals surface area contributed by atoms with E-state index in [1.54, 1.807) is 10.3 Å². The predicted molar refractivity (Wildman–Crippen MR) is 104 cm³/mol. The fraction of sp³-hybridized carbons (Fsp3) is 0.421. The van der Waals surface area contributed by atoms with Gasteiger partial charge in [0.1, 0.15) is 5.01 Å². The van der Waals surface area contributed by atoms with E-state index in [0.717, 1.165) is 12.1 Å². The number of aromatic nitrogens is 1. The lowest BCUT2D eigenvalue weighted by Gasteiger charge is -2.35. The Kier molecular flexibility index (Phi) is 6.37. The molecular weight excluding hydrogens is 350 g/mol. The van der Waals surface area contributed by atoms with Gasteiger partial charge in [-0.15, -0.1) is 11.3 Å². The lowest BCUT2D eigenvalue weighted by molar-refractivity contribution is 0.0594. The van der Waals surface area contributed by atoms with E-state index >= 15 is 0 Å². The molecule has 0 saturated carbocycles. The van der Waals surface area contributed by atoms with Crippen molar-refractivity contribution in [2.45, 2.75) is 46.2 Å². The lowest BCUT2D eigenvalue weighted by atomic mass is 10.1. The summed E-state index contributed by atoms with van der Waals surface area (Å²) in [7, 11) is 1.32. The number of ether oxygens (including phenoxy) is 1. The van der Waals surface area contributed by atoms with Crippen molar-refractivity contribution in [3.63, 3.8) is 0 Å². The number of benzene rings is 1. The van der Waals surface area contributed by atoms with E-state index in [1.807, 2.05) is 45.0 Å². The van der Waals surface area contributed by atoms with Crippen molar-refractivity contribution in [1.29, 1.82) is 0 Å². The molecule has 1 aromatic carbocycles. The summed E-state index contributed by atoms with van der Waals surface area (Å²) in [5, 5.41) is 5.25. The fourth-order valence-electron chi connectivity index (χ4n) is 2.35. The van der Waals surface area contributed by atoms with Crippen molar-refractivity contribution in [1.82, 2.24) is 9.88 Å². The topological polar surface area (TPSA) is 71.5 Å². The second kappa shape index (κ2) is 8.31. The molecule has 2 rings (SSSR count). The van der Waals surface area contributed by atoms with Crippen molar-refractivity contribution in [2.75, 3.05) is 12.4 Å². The molecule has 0 aliphatic carbocycles. The molecule has 6 nitrogen and oxygen atoms in total. The zero-order valence-corrected chi connectivity index (χ0v) is 16.6. The molecule has 0 radical (unpaired) electrons. The highest BCUT2D eigenvalue weighted by Crippen LogP contribution is 2.22. The Hall–Kier alpha value is -2.41. The summed E-state index contributed by atoms with van der Waals surface area (Å²) in [6.07, 6.45) is 0.953. The third kappa shape index (κ3) is 5.05. The highest BCUT2D eigenvalue weighted by atomic mass is 32.1. The largest absolute Gasteiger partial charge is 0.464 e. The number of urea groups is 1. The Bertz CT molecular complexity index is 763. The van der Waals surface area contributed by atoms with E-state index in [4.69, 9.17) is 0 Å². The van der Waals surface area contributed by atoms with Crippen LogP contribution in [0.1, 0.15) is 48.8 Å². The van der Waals surface area contributed by atoms with Crippen molar-refractivity contribution in [3.05, 3.63) is 45.9 Å². The standard InChI is InChI=1S/C19H25N3O3S/c1-6-13-7-9-14(10-8-13)20-18(24)22(19(2,3)4)11-16-21-15(12-26-16)17(23)25-5/h7-10,12H,6,11H2,1-5H3,(H,20,24). The van der Waals surface area contributed by atoms with Gasteiger partial charge in [-0.25, -0.2) is 14.6 Å². The minimum Gasteiger partial charge on any atom is -0.464 e. The predicted octanol–water partition coefficient (Wildman–Crippen LogP) is 4.32. The summed E-state index contributed by atoms with van der Waals surface area (Å²) in [5.41, 5.74) is 1.81. The van der Waals surface area contributed by atoms with Gasteiger partial charge in [-0.2, -0.15) is 0 Å². The van der Waals surface area contributed by atoms with Gasteiger partial charge in [-0.05, 0) is 44.9 Å². The van der Waals surface area contributed by atoms with Gasteiger partial charge in [-0.3, -0.25) is 0 Å². The fourth-order valence-corrected chi connectivity index (χ4v) is 3.10. The molecule has 0 aliphatic rings. The number of hydrogen-bond donors (Lipinski definition) is 1. The molecule has 1 N–H and O–H groups in total. The van der Waals surface area contributed by atoms with E-state index < -0.39 is 11.5 Å². The lowest BCUT2D eigenvalue weighted by Crippen LogP contribution is -2.47. The van der Waals surface area contributed by atoms with Gasteiger partial charge in [0.15, 0.2) is 5.69 Å². The molecule has 2 amide bonds. The third-order valence-corrected chi connectivity index (χ3v) is 4.74. The van der Waals surface area contributed by atoms with E-state index in [1.165, 1.54) is 24.0 Å². The molecular formula is C19H25N3O3S. The normalized spacial score (nSPS) is 11.1. The Labute approximate surface area is 158 Å². The number of amides is 2. The van der Waals surface area contributed by atoms with Crippen LogP contribution < -0.4 is 5.32 Å². The average Bonchev–Trinajstić information content (AvgIpc) is 3.07. The number of anilines is 1. The summed E-state index contributed by atoms with van der Waals surface area (Å²) in [6, 6.07) is 7.59. The molecule has 0 saturated heterocycles. The summed E-state index contributed by atoms with van der Waals surface area (Å²) in [6.45, 7) is 8.28. The minimum atomic E-state index is -0.477. The van der Waals surface area contributed by atoms with Gasteiger partial charge in [0.05, 0.1) is 13.7 Å². The number of carbonyl (C=O) groups is 2. The average molecular weight is 375 g/mol. The number of rotatable bonds is 5. The Morgan fingerprint density at radius 2 is 1.88 bits per heavy atom. The van der Waals surface area contributed by atoms with Crippen LogP contribution in [0.4, 0.5) is 10.5 Å². The van der Waals surface area contributed by atoms with Crippen LogP contribution in [0.25, 0.3) is 0 Å². The third-order valence-electron chi connectivity index (χ3n) is 3.91. The quantitative estimate of drug-likeness (QED) is 0.790. The molecule has 0 fully saturated rings. The van der Waals surface area contributed by atoms with Gasteiger partial charge in [0, 0.05) is 16.6 Å². The second-order valence-corrected chi connectivity index (χ2v) is 7.80. The van der Waals surface area contributed by atoms with Crippen LogP contribution in [0.3, 0.4) is 0 Å². The SMILES string of the molecule is CCc1ccc(NC(=O)N(Cc2nc(C(=O)OC)cs2)C(C)(C)C)cc1. The molecule has 0 unspecified atom stereocenters. The van der Waals surface area contributed by atoms with Crippen LogP contribution in [0.5, 0.6) is 0 Å². The van der Waals surface area contributed by atoms with Crippen molar-refractivity contribution in [2.24, 2.45) is 0 Å². The number of methoxy groups -OCH3 is 1. The Morgan fingerprint density at radius 1 is 1.23 bits per heavy atom. The smallest absolute Gasteiger partial charge is 0.357 e. The van der Waals surface area contributed by atoms with E-state index in [-0.39, 0.29) is 11.7 Å². The first kappa shape index (κ1) is 19.9. The van der Waals surface area contributed by atoms with Gasteiger partial charge in [0.2, 0.25) is 0 Å². The zero-order chi connectivity index (χ0) is 19.3. The first-order valence-corrected chi connectivity index (χ1v) is 9.33. The number of thiazole rings is 1. The van der Waals surface area contributed by atoms with E-state index in [9.17, 15) is 9.59 Å². The van der Waals surface area contributed by atoms with Gasteiger partial charge in [-0.1, -0.05) is 19.1 Å². The number of nitrogens with zero attached hydrogens (tertiary/aromatic N) is 2. The highest BCUT2D eigenvalue weighted by Gasteiger charge is 2.28. The van der Waals surface area contributed by atoms with Gasteiger partial charge in [0.25, 0.3) is 0 Å². The number of hydrogen-bond acceptors (Lipinski definition) is 5. The zero-order valence-electron chi connectivity index (χ0n) is 15.8. The summed E-state index contributed by atoms with van der Waals surface area (Å²) < 4.78 is 4.68.